The summed E-state index contributed by atoms with van der Waals surface area (Å²) in [6.07, 6.45) is 1.44. The smallest absolute Gasteiger partial charge is 0.258 e. The Morgan fingerprint density at radius 1 is 1.33 bits per heavy atom. The van der Waals surface area contributed by atoms with Crippen molar-refractivity contribution in [2.75, 3.05) is 10.5 Å². The lowest BCUT2D eigenvalue weighted by molar-refractivity contribution is 0.0763. The van der Waals surface area contributed by atoms with Crippen LogP contribution in [0, 0.1) is 5.82 Å². The average Bonchev–Trinajstić information content (AvgIpc) is 3.04. The van der Waals surface area contributed by atoms with Crippen molar-refractivity contribution in [3.05, 3.63) is 64.1 Å². The Morgan fingerprint density at radius 2 is 2.10 bits per heavy atom. The van der Waals surface area contributed by atoms with Gasteiger partial charge in [0, 0.05) is 40.8 Å². The van der Waals surface area contributed by atoms with Crippen LogP contribution in [-0.2, 0) is 23.1 Å². The van der Waals surface area contributed by atoms with Gasteiger partial charge in [-0.2, -0.15) is 0 Å². The Labute approximate surface area is 177 Å². The molecule has 0 saturated carbocycles. The molecule has 0 radical (unpaired) electrons. The number of amides is 1. The molecule has 1 aliphatic rings. The molecule has 1 aliphatic heterocycles. The lowest BCUT2D eigenvalue weighted by Gasteiger charge is -2.17. The van der Waals surface area contributed by atoms with Crippen molar-refractivity contribution in [1.29, 1.82) is 0 Å². The van der Waals surface area contributed by atoms with E-state index in [4.69, 9.17) is 11.6 Å². The maximum absolute atomic E-state index is 14.2. The molecule has 2 heterocycles. The second-order valence-corrected chi connectivity index (χ2v) is 9.33. The average molecular weight is 450 g/mol. The number of halogens is 2. The number of hydrogen-bond acceptors (Lipinski definition) is 5. The summed E-state index contributed by atoms with van der Waals surface area (Å²) < 4.78 is 41.2. The van der Waals surface area contributed by atoms with E-state index in [2.05, 4.69) is 9.71 Å². The third-order valence-corrected chi connectivity index (χ3v) is 6.51. The number of phenolic OH excluding ortho intramolecular Hbond substituents is 1. The van der Waals surface area contributed by atoms with Gasteiger partial charge in [0.25, 0.3) is 5.91 Å². The molecule has 0 spiro atoms. The number of sulfonamides is 1. The number of phenols is 1. The minimum Gasteiger partial charge on any atom is -0.505 e. The van der Waals surface area contributed by atoms with E-state index in [1.165, 1.54) is 36.2 Å². The number of benzene rings is 2. The number of nitrogens with zero attached hydrogens (tertiary/aromatic N) is 2. The molecule has 0 atom stereocenters. The molecule has 4 rings (SSSR count). The number of aromatic hydroxyl groups is 1. The fourth-order valence-corrected chi connectivity index (χ4v) is 4.38. The fraction of sp³-hybridized carbons (Fsp3) is 0.200. The molecule has 2 aromatic carbocycles. The molecule has 156 valence electrons. The van der Waals surface area contributed by atoms with Crippen LogP contribution in [0.4, 0.5) is 10.1 Å². The number of hydrogen-bond donors (Lipinski definition) is 2. The van der Waals surface area contributed by atoms with Crippen molar-refractivity contribution in [2.24, 2.45) is 0 Å². The Morgan fingerprint density at radius 3 is 2.83 bits per heavy atom. The monoisotopic (exact) mass is 449 g/mol. The van der Waals surface area contributed by atoms with E-state index < -0.39 is 21.7 Å². The molecule has 7 nitrogen and oxygen atoms in total. The number of fused-ring (bicyclic) bond motifs is 2. The first kappa shape index (κ1) is 20.4. The van der Waals surface area contributed by atoms with Crippen molar-refractivity contribution < 1.29 is 22.7 Å². The predicted octanol–water partition coefficient (Wildman–Crippen LogP) is 3.65. The van der Waals surface area contributed by atoms with Crippen LogP contribution >= 0.6 is 11.6 Å². The number of carbonyl (C=O) groups excluding carboxylic acids is 1. The van der Waals surface area contributed by atoms with Crippen molar-refractivity contribution in [3.8, 4) is 5.75 Å². The number of nitrogens with one attached hydrogen (secondary N) is 1. The molecule has 0 bridgehead atoms. The predicted molar refractivity (Wildman–Crippen MR) is 111 cm³/mol. The van der Waals surface area contributed by atoms with Crippen LogP contribution in [0.3, 0.4) is 0 Å². The summed E-state index contributed by atoms with van der Waals surface area (Å²) in [5, 5.41) is 11.4. The van der Waals surface area contributed by atoms with Crippen molar-refractivity contribution >= 4 is 44.1 Å². The zero-order chi connectivity index (χ0) is 21.6. The van der Waals surface area contributed by atoms with Crippen molar-refractivity contribution in [1.82, 2.24) is 9.88 Å². The summed E-state index contributed by atoms with van der Waals surface area (Å²) in [5.41, 5.74) is 0.778. The van der Waals surface area contributed by atoms with Gasteiger partial charge in [-0.1, -0.05) is 11.6 Å². The third-order valence-electron chi connectivity index (χ3n) is 5.00. The molecule has 0 unspecified atom stereocenters. The number of aromatic nitrogens is 1. The highest BCUT2D eigenvalue weighted by Crippen LogP contribution is 2.43. The van der Waals surface area contributed by atoms with E-state index >= 15 is 0 Å². The molecule has 3 aromatic rings. The first-order valence-corrected chi connectivity index (χ1v) is 11.1. The normalized spacial score (nSPS) is 13.7. The zero-order valence-corrected chi connectivity index (χ0v) is 17.4. The van der Waals surface area contributed by atoms with Gasteiger partial charge in [-0.15, -0.1) is 0 Å². The highest BCUT2D eigenvalue weighted by molar-refractivity contribution is 7.92. The SMILES string of the molecule is CCS(=O)(=O)Nc1c2c(c(O)c3ncccc13)C(=O)N(Cc1cc(Cl)ccc1F)C2. The van der Waals surface area contributed by atoms with Gasteiger partial charge in [-0.3, -0.25) is 14.5 Å². The van der Waals surface area contributed by atoms with Crippen molar-refractivity contribution in [2.45, 2.75) is 20.0 Å². The van der Waals surface area contributed by atoms with Crippen LogP contribution in [0.1, 0.15) is 28.4 Å². The Bertz CT molecular complexity index is 1300. The number of rotatable bonds is 5. The summed E-state index contributed by atoms with van der Waals surface area (Å²) in [6, 6.07) is 7.25. The largest absolute Gasteiger partial charge is 0.505 e. The van der Waals surface area contributed by atoms with E-state index in [0.29, 0.717) is 16.0 Å². The molecular weight excluding hydrogens is 433 g/mol. The topological polar surface area (TPSA) is 99.6 Å². The van der Waals surface area contributed by atoms with Crippen LogP contribution in [-0.4, -0.2) is 35.1 Å². The Hall–Kier alpha value is -2.91. The highest BCUT2D eigenvalue weighted by atomic mass is 35.5. The van der Waals surface area contributed by atoms with E-state index in [9.17, 15) is 22.7 Å². The molecule has 10 heteroatoms. The molecule has 1 amide bonds. The number of anilines is 1. The lowest BCUT2D eigenvalue weighted by atomic mass is 10.0. The molecule has 0 fully saturated rings. The molecule has 0 saturated heterocycles. The molecule has 0 aliphatic carbocycles. The van der Waals surface area contributed by atoms with Crippen LogP contribution < -0.4 is 4.72 Å². The number of carbonyl (C=O) groups is 1. The summed E-state index contributed by atoms with van der Waals surface area (Å²) in [4.78, 5) is 18.5. The van der Waals surface area contributed by atoms with E-state index in [-0.39, 0.29) is 46.9 Å². The Balaban J connectivity index is 1.85. The van der Waals surface area contributed by atoms with Gasteiger partial charge >= 0.3 is 0 Å². The van der Waals surface area contributed by atoms with Gasteiger partial charge in [0.2, 0.25) is 10.0 Å². The van der Waals surface area contributed by atoms with Gasteiger partial charge in [0.1, 0.15) is 11.3 Å². The minimum absolute atomic E-state index is 0.0138. The quantitative estimate of drug-likeness (QED) is 0.579. The molecule has 2 N–H and O–H groups in total. The van der Waals surface area contributed by atoms with Crippen LogP contribution in [0.25, 0.3) is 10.9 Å². The van der Waals surface area contributed by atoms with Crippen LogP contribution in [0.2, 0.25) is 5.02 Å². The van der Waals surface area contributed by atoms with Gasteiger partial charge in [0.15, 0.2) is 5.75 Å². The highest BCUT2D eigenvalue weighted by Gasteiger charge is 2.36. The summed E-state index contributed by atoms with van der Waals surface area (Å²) in [5.74, 6) is -1.58. The lowest BCUT2D eigenvalue weighted by Crippen LogP contribution is -2.24. The fourth-order valence-electron chi connectivity index (χ4n) is 3.50. The Kier molecular flexibility index (Phi) is 5.03. The maximum atomic E-state index is 14.2. The van der Waals surface area contributed by atoms with Crippen LogP contribution in [0.15, 0.2) is 36.5 Å². The first-order chi connectivity index (χ1) is 14.2. The summed E-state index contributed by atoms with van der Waals surface area (Å²) >= 11 is 5.94. The second kappa shape index (κ2) is 7.41. The van der Waals surface area contributed by atoms with E-state index in [0.717, 1.165) is 0 Å². The standard InChI is InChI=1S/C20H17ClFN3O4S/c1-2-30(28,29)24-17-13-4-3-7-23-18(13)19(26)16-14(17)10-25(20(16)27)9-11-8-12(21)5-6-15(11)22/h3-8,24,26H,2,9-10H2,1H3. The number of pyridine rings is 1. The molecular formula is C20H17ClFN3O4S. The van der Waals surface area contributed by atoms with Gasteiger partial charge < -0.3 is 10.0 Å². The van der Waals surface area contributed by atoms with Gasteiger partial charge in [-0.05, 0) is 37.3 Å². The maximum Gasteiger partial charge on any atom is 0.258 e. The molecule has 30 heavy (non-hydrogen) atoms. The van der Waals surface area contributed by atoms with Crippen molar-refractivity contribution in [3.63, 3.8) is 0 Å². The van der Waals surface area contributed by atoms with Gasteiger partial charge in [0.05, 0.1) is 17.0 Å². The van der Waals surface area contributed by atoms with E-state index in [1.807, 2.05) is 0 Å². The second-order valence-electron chi connectivity index (χ2n) is 6.88. The molecule has 1 aromatic heterocycles. The zero-order valence-electron chi connectivity index (χ0n) is 15.8. The van der Waals surface area contributed by atoms with E-state index in [1.54, 1.807) is 12.1 Å². The first-order valence-electron chi connectivity index (χ1n) is 9.08. The third kappa shape index (κ3) is 3.44. The van der Waals surface area contributed by atoms with Crippen LogP contribution in [0.5, 0.6) is 5.75 Å². The summed E-state index contributed by atoms with van der Waals surface area (Å²) in [7, 11) is -3.67. The summed E-state index contributed by atoms with van der Waals surface area (Å²) in [6.45, 7) is 1.38. The van der Waals surface area contributed by atoms with Gasteiger partial charge in [-0.25, -0.2) is 12.8 Å². The minimum atomic E-state index is -3.67.